The second kappa shape index (κ2) is 5.36. The van der Waals surface area contributed by atoms with Crippen LogP contribution in [-0.2, 0) is 4.79 Å². The molecule has 0 radical (unpaired) electrons. The van der Waals surface area contributed by atoms with Gasteiger partial charge in [0.15, 0.2) is 5.82 Å². The Bertz CT molecular complexity index is 421. The number of anilines is 1. The number of nitrogens with one attached hydrogen (secondary N) is 2. The van der Waals surface area contributed by atoms with Crippen LogP contribution in [0.25, 0.3) is 0 Å². The van der Waals surface area contributed by atoms with Crippen molar-refractivity contribution in [2.75, 3.05) is 11.9 Å². The minimum Gasteiger partial charge on any atom is -0.382 e. The van der Waals surface area contributed by atoms with Gasteiger partial charge in [-0.3, -0.25) is 4.79 Å². The van der Waals surface area contributed by atoms with E-state index >= 15 is 0 Å². The van der Waals surface area contributed by atoms with Crippen LogP contribution in [0, 0.1) is 5.82 Å². The van der Waals surface area contributed by atoms with Crippen LogP contribution in [0.5, 0.6) is 0 Å². The van der Waals surface area contributed by atoms with E-state index in [4.69, 9.17) is 11.6 Å². The highest BCUT2D eigenvalue weighted by atomic mass is 35.5. The number of rotatable bonds is 5. The number of hydrogen-bond donors (Lipinski definition) is 2. The van der Waals surface area contributed by atoms with Crippen LogP contribution >= 0.6 is 11.6 Å². The third kappa shape index (κ3) is 3.60. The summed E-state index contributed by atoms with van der Waals surface area (Å²) < 4.78 is 13.5. The fourth-order valence-corrected chi connectivity index (χ4v) is 1.65. The molecular formula is C12H14ClFN2O. The maximum Gasteiger partial charge on any atom is 0.221 e. The van der Waals surface area contributed by atoms with Crippen molar-refractivity contribution in [1.29, 1.82) is 0 Å². The molecule has 0 heterocycles. The lowest BCUT2D eigenvalue weighted by Gasteiger charge is -2.08. The first kappa shape index (κ1) is 12.2. The predicted molar refractivity (Wildman–Crippen MR) is 65.7 cm³/mol. The summed E-state index contributed by atoms with van der Waals surface area (Å²) >= 11 is 5.64. The van der Waals surface area contributed by atoms with Crippen LogP contribution in [0.1, 0.15) is 19.3 Å². The van der Waals surface area contributed by atoms with Gasteiger partial charge in [-0.05, 0) is 25.0 Å². The lowest BCUT2D eigenvalue weighted by molar-refractivity contribution is -0.120. The summed E-state index contributed by atoms with van der Waals surface area (Å²) in [7, 11) is 0. The topological polar surface area (TPSA) is 41.1 Å². The van der Waals surface area contributed by atoms with Crippen molar-refractivity contribution in [3.8, 4) is 0 Å². The van der Waals surface area contributed by atoms with E-state index in [1.54, 1.807) is 12.1 Å². The predicted octanol–water partition coefficient (Wildman–Crippen LogP) is 2.56. The Morgan fingerprint density at radius 3 is 2.94 bits per heavy atom. The molecule has 92 valence electrons. The quantitative estimate of drug-likeness (QED) is 0.850. The van der Waals surface area contributed by atoms with Gasteiger partial charge in [-0.15, -0.1) is 0 Å². The summed E-state index contributed by atoms with van der Waals surface area (Å²) in [5.41, 5.74) is 0.330. The van der Waals surface area contributed by atoms with Crippen molar-refractivity contribution in [1.82, 2.24) is 5.32 Å². The largest absolute Gasteiger partial charge is 0.382 e. The molecule has 1 aliphatic carbocycles. The Balaban J connectivity index is 1.77. The van der Waals surface area contributed by atoms with Gasteiger partial charge < -0.3 is 10.6 Å². The Hall–Kier alpha value is -1.29. The first-order chi connectivity index (χ1) is 8.16. The second-order valence-electron chi connectivity index (χ2n) is 4.12. The van der Waals surface area contributed by atoms with Crippen molar-refractivity contribution < 1.29 is 9.18 Å². The lowest BCUT2D eigenvalue weighted by Crippen LogP contribution is -2.27. The van der Waals surface area contributed by atoms with Crippen LogP contribution in [0.4, 0.5) is 10.1 Å². The molecule has 0 spiro atoms. The van der Waals surface area contributed by atoms with E-state index in [9.17, 15) is 9.18 Å². The molecule has 2 N–H and O–H groups in total. The van der Waals surface area contributed by atoms with Crippen molar-refractivity contribution in [3.63, 3.8) is 0 Å². The first-order valence-electron chi connectivity index (χ1n) is 5.64. The zero-order valence-electron chi connectivity index (χ0n) is 9.30. The molecule has 0 bridgehead atoms. The highest BCUT2D eigenvalue weighted by Gasteiger charge is 2.22. The Morgan fingerprint density at radius 2 is 2.24 bits per heavy atom. The summed E-state index contributed by atoms with van der Waals surface area (Å²) in [6, 6.07) is 5.12. The molecule has 1 aliphatic rings. The molecule has 0 aliphatic heterocycles. The summed E-state index contributed by atoms with van der Waals surface area (Å²) in [4.78, 5) is 11.4. The third-order valence-corrected chi connectivity index (χ3v) is 2.85. The molecule has 1 amide bonds. The highest BCUT2D eigenvalue weighted by molar-refractivity contribution is 6.31. The first-order valence-corrected chi connectivity index (χ1v) is 6.02. The van der Waals surface area contributed by atoms with Crippen LogP contribution in [0.15, 0.2) is 18.2 Å². The van der Waals surface area contributed by atoms with E-state index in [2.05, 4.69) is 10.6 Å². The van der Waals surface area contributed by atoms with Crippen molar-refractivity contribution in [3.05, 3.63) is 29.0 Å². The van der Waals surface area contributed by atoms with Gasteiger partial charge in [0.05, 0.1) is 10.7 Å². The Kier molecular flexibility index (Phi) is 3.84. The fourth-order valence-electron chi connectivity index (χ4n) is 1.48. The van der Waals surface area contributed by atoms with Gasteiger partial charge in [0.25, 0.3) is 0 Å². The summed E-state index contributed by atoms with van der Waals surface area (Å²) in [5, 5.41) is 5.81. The minimum atomic E-state index is -0.475. The summed E-state index contributed by atoms with van der Waals surface area (Å²) in [5.74, 6) is -0.473. The van der Waals surface area contributed by atoms with E-state index in [1.807, 2.05) is 0 Å². The number of carbonyl (C=O) groups is 1. The van der Waals surface area contributed by atoms with Crippen molar-refractivity contribution in [2.24, 2.45) is 0 Å². The van der Waals surface area contributed by atoms with Gasteiger partial charge in [0.2, 0.25) is 5.91 Å². The van der Waals surface area contributed by atoms with Crippen molar-refractivity contribution >= 4 is 23.2 Å². The van der Waals surface area contributed by atoms with Crippen LogP contribution in [0.2, 0.25) is 5.02 Å². The summed E-state index contributed by atoms with van der Waals surface area (Å²) in [6.07, 6.45) is 2.48. The number of amides is 1. The highest BCUT2D eigenvalue weighted by Crippen LogP contribution is 2.22. The number of halogens is 2. The molecule has 1 aromatic carbocycles. The zero-order chi connectivity index (χ0) is 12.3. The van der Waals surface area contributed by atoms with E-state index in [0.717, 1.165) is 12.8 Å². The monoisotopic (exact) mass is 256 g/mol. The molecule has 1 fully saturated rings. The lowest BCUT2D eigenvalue weighted by atomic mass is 10.3. The maximum absolute atomic E-state index is 13.5. The molecule has 2 rings (SSSR count). The average molecular weight is 257 g/mol. The van der Waals surface area contributed by atoms with Crippen LogP contribution < -0.4 is 10.6 Å². The van der Waals surface area contributed by atoms with Gasteiger partial charge in [0.1, 0.15) is 0 Å². The molecule has 0 aromatic heterocycles. The Labute approximate surface area is 104 Å². The van der Waals surface area contributed by atoms with E-state index in [0.29, 0.717) is 24.7 Å². The van der Waals surface area contributed by atoms with Gasteiger partial charge in [-0.2, -0.15) is 0 Å². The number of hydrogen-bond acceptors (Lipinski definition) is 2. The molecule has 1 saturated carbocycles. The maximum atomic E-state index is 13.5. The van der Waals surface area contributed by atoms with Crippen molar-refractivity contribution in [2.45, 2.75) is 25.3 Å². The van der Waals surface area contributed by atoms with Crippen LogP contribution in [-0.4, -0.2) is 18.5 Å². The molecule has 0 saturated heterocycles. The Morgan fingerprint density at radius 1 is 1.47 bits per heavy atom. The minimum absolute atomic E-state index is 0.00226. The standard InChI is InChI=1S/C12H14ClFN2O/c13-9-2-1-3-10(12(9)14)15-7-6-11(17)16-8-4-5-8/h1-3,8,15H,4-7H2,(H,16,17). The SMILES string of the molecule is O=C(CCNc1cccc(Cl)c1F)NC1CC1. The molecule has 0 unspecified atom stereocenters. The molecule has 0 atom stereocenters. The van der Waals surface area contributed by atoms with E-state index in [1.165, 1.54) is 6.07 Å². The average Bonchev–Trinajstić information content (AvgIpc) is 3.08. The summed E-state index contributed by atoms with van der Waals surface area (Å²) in [6.45, 7) is 0.399. The van der Waals surface area contributed by atoms with Gasteiger partial charge >= 0.3 is 0 Å². The van der Waals surface area contributed by atoms with Gasteiger partial charge in [-0.25, -0.2) is 4.39 Å². The molecule has 17 heavy (non-hydrogen) atoms. The number of benzene rings is 1. The van der Waals surface area contributed by atoms with E-state index in [-0.39, 0.29) is 10.9 Å². The zero-order valence-corrected chi connectivity index (χ0v) is 10.1. The van der Waals surface area contributed by atoms with E-state index < -0.39 is 5.82 Å². The molecule has 1 aromatic rings. The molecular weight excluding hydrogens is 243 g/mol. The smallest absolute Gasteiger partial charge is 0.221 e. The molecule has 5 heteroatoms. The normalized spacial score (nSPS) is 14.5. The number of carbonyl (C=O) groups excluding carboxylic acids is 1. The fraction of sp³-hybridized carbons (Fsp3) is 0.417. The van der Waals surface area contributed by atoms with Crippen LogP contribution in [0.3, 0.4) is 0 Å². The third-order valence-electron chi connectivity index (χ3n) is 2.56. The van der Waals surface area contributed by atoms with Gasteiger partial charge in [0, 0.05) is 19.0 Å². The second-order valence-corrected chi connectivity index (χ2v) is 4.53. The van der Waals surface area contributed by atoms with Gasteiger partial charge in [-0.1, -0.05) is 17.7 Å². The molecule has 3 nitrogen and oxygen atoms in total.